The van der Waals surface area contributed by atoms with E-state index in [1.165, 1.54) is 0 Å². The molecule has 0 atom stereocenters. The summed E-state index contributed by atoms with van der Waals surface area (Å²) in [5.74, 6) is 0. The fourth-order valence-corrected chi connectivity index (χ4v) is 2.24. The van der Waals surface area contributed by atoms with Gasteiger partial charge >= 0.3 is 0 Å². The largest absolute Gasteiger partial charge is 0.377 e. The Balaban J connectivity index is 2.86. The number of benzene rings is 1. The first-order valence-corrected chi connectivity index (χ1v) is 6.05. The molecule has 2 aromatic rings. The maximum Gasteiger partial charge on any atom is 0.0775 e. The lowest BCUT2D eigenvalue weighted by Gasteiger charge is -2.18. The fraction of sp³-hybridized carbons (Fsp3) is 0.286. The molecule has 0 spiro atoms. The molecule has 0 radical (unpaired) electrons. The normalized spacial score (nSPS) is 10.4. The summed E-state index contributed by atoms with van der Waals surface area (Å²) in [4.78, 5) is 6.53. The zero-order valence-corrected chi connectivity index (χ0v) is 11.4. The molecule has 0 aliphatic rings. The van der Waals surface area contributed by atoms with Crippen LogP contribution >= 0.6 is 11.6 Å². The highest BCUT2D eigenvalue weighted by Crippen LogP contribution is 2.33. The Hall–Kier alpha value is -1.79. The van der Waals surface area contributed by atoms with Crippen molar-refractivity contribution in [2.45, 2.75) is 13.3 Å². The van der Waals surface area contributed by atoms with Gasteiger partial charge in [-0.3, -0.25) is 4.98 Å². The van der Waals surface area contributed by atoms with Crippen molar-refractivity contribution in [1.82, 2.24) is 4.98 Å². The van der Waals surface area contributed by atoms with Crippen molar-refractivity contribution in [3.8, 4) is 6.07 Å². The number of fused-ring (bicyclic) bond motifs is 1. The summed E-state index contributed by atoms with van der Waals surface area (Å²) < 4.78 is 0. The van der Waals surface area contributed by atoms with E-state index in [-0.39, 0.29) is 0 Å². The third kappa shape index (κ3) is 2.12. The van der Waals surface area contributed by atoms with Gasteiger partial charge in [-0.1, -0.05) is 17.7 Å². The van der Waals surface area contributed by atoms with E-state index >= 15 is 0 Å². The van der Waals surface area contributed by atoms with Crippen LogP contribution in [0.15, 0.2) is 18.2 Å². The minimum Gasteiger partial charge on any atom is -0.377 e. The lowest BCUT2D eigenvalue weighted by molar-refractivity contribution is 1.09. The molecule has 1 aromatic heterocycles. The van der Waals surface area contributed by atoms with E-state index in [2.05, 4.69) is 11.1 Å². The van der Waals surface area contributed by atoms with E-state index in [9.17, 15) is 0 Å². The van der Waals surface area contributed by atoms with E-state index in [0.29, 0.717) is 11.4 Å². The van der Waals surface area contributed by atoms with Crippen LogP contribution in [0.4, 0.5) is 5.69 Å². The Morgan fingerprint density at radius 2 is 2.11 bits per heavy atom. The van der Waals surface area contributed by atoms with Gasteiger partial charge in [0, 0.05) is 25.2 Å². The van der Waals surface area contributed by atoms with E-state index in [0.717, 1.165) is 27.8 Å². The van der Waals surface area contributed by atoms with Crippen molar-refractivity contribution in [3.05, 3.63) is 34.5 Å². The molecule has 0 unspecified atom stereocenters. The third-order valence-electron chi connectivity index (χ3n) is 2.89. The lowest BCUT2D eigenvalue weighted by atomic mass is 10.1. The first kappa shape index (κ1) is 12.7. The SMILES string of the molecule is Cc1ccc(Cl)c2c(N(C)C)cc(CC#N)nc12. The van der Waals surface area contributed by atoms with Crippen LogP contribution in [0.3, 0.4) is 0 Å². The summed E-state index contributed by atoms with van der Waals surface area (Å²) in [7, 11) is 3.92. The Morgan fingerprint density at radius 3 is 2.72 bits per heavy atom. The molecule has 0 bridgehead atoms. The van der Waals surface area contributed by atoms with Gasteiger partial charge in [0.05, 0.1) is 28.7 Å². The van der Waals surface area contributed by atoms with Crippen molar-refractivity contribution in [1.29, 1.82) is 5.26 Å². The van der Waals surface area contributed by atoms with Crippen molar-refractivity contribution in [3.63, 3.8) is 0 Å². The maximum absolute atomic E-state index is 8.82. The highest BCUT2D eigenvalue weighted by Gasteiger charge is 2.12. The van der Waals surface area contributed by atoms with Gasteiger partial charge in [0.1, 0.15) is 0 Å². The lowest BCUT2D eigenvalue weighted by Crippen LogP contribution is -2.11. The summed E-state index contributed by atoms with van der Waals surface area (Å²) in [5.41, 5.74) is 3.72. The van der Waals surface area contributed by atoms with Gasteiger partial charge in [-0.25, -0.2) is 0 Å². The second kappa shape index (κ2) is 4.83. The highest BCUT2D eigenvalue weighted by atomic mass is 35.5. The molecule has 18 heavy (non-hydrogen) atoms. The number of aromatic nitrogens is 1. The van der Waals surface area contributed by atoms with Crippen molar-refractivity contribution < 1.29 is 0 Å². The standard InChI is InChI=1S/C14H14ClN3/c1-9-4-5-11(15)13-12(18(2)3)8-10(6-7-16)17-14(9)13/h4-5,8H,6H2,1-3H3. The molecule has 0 aliphatic heterocycles. The first-order chi connectivity index (χ1) is 8.54. The molecule has 0 fully saturated rings. The van der Waals surface area contributed by atoms with Gasteiger partial charge in [-0.05, 0) is 24.6 Å². The molecule has 0 saturated heterocycles. The second-order valence-corrected chi connectivity index (χ2v) is 4.86. The number of pyridine rings is 1. The van der Waals surface area contributed by atoms with E-state index < -0.39 is 0 Å². The third-order valence-corrected chi connectivity index (χ3v) is 3.20. The topological polar surface area (TPSA) is 39.9 Å². The average molecular weight is 260 g/mol. The average Bonchev–Trinajstić information content (AvgIpc) is 2.33. The number of hydrogen-bond donors (Lipinski definition) is 0. The number of halogens is 1. The van der Waals surface area contributed by atoms with Crippen LogP contribution in [0, 0.1) is 18.3 Å². The van der Waals surface area contributed by atoms with Crippen LogP contribution in [0.5, 0.6) is 0 Å². The van der Waals surface area contributed by atoms with Crippen molar-refractivity contribution in [2.24, 2.45) is 0 Å². The molecular formula is C14H14ClN3. The number of nitriles is 1. The molecule has 0 saturated carbocycles. The van der Waals surface area contributed by atoms with Gasteiger partial charge in [-0.2, -0.15) is 5.26 Å². The molecular weight excluding hydrogens is 246 g/mol. The monoisotopic (exact) mass is 259 g/mol. The van der Waals surface area contributed by atoms with Crippen LogP contribution in [0.25, 0.3) is 10.9 Å². The second-order valence-electron chi connectivity index (χ2n) is 4.45. The zero-order valence-electron chi connectivity index (χ0n) is 10.7. The number of nitrogens with zero attached hydrogens (tertiary/aromatic N) is 3. The summed E-state index contributed by atoms with van der Waals surface area (Å²) in [6.45, 7) is 2.00. The summed E-state index contributed by atoms with van der Waals surface area (Å²) in [6, 6.07) is 7.90. The summed E-state index contributed by atoms with van der Waals surface area (Å²) in [6.07, 6.45) is 0.308. The minimum atomic E-state index is 0.308. The van der Waals surface area contributed by atoms with Crippen LogP contribution < -0.4 is 4.90 Å². The van der Waals surface area contributed by atoms with Gasteiger partial charge in [0.2, 0.25) is 0 Å². The minimum absolute atomic E-state index is 0.308. The Bertz CT molecular complexity index is 642. The Labute approximate surface area is 112 Å². The summed E-state index contributed by atoms with van der Waals surface area (Å²) in [5, 5.41) is 10.5. The van der Waals surface area contributed by atoms with Crippen LogP contribution in [0.2, 0.25) is 5.02 Å². The van der Waals surface area contributed by atoms with Gasteiger partial charge in [0.15, 0.2) is 0 Å². The number of aryl methyl sites for hydroxylation is 1. The molecule has 92 valence electrons. The Morgan fingerprint density at radius 1 is 1.39 bits per heavy atom. The maximum atomic E-state index is 8.82. The molecule has 4 heteroatoms. The fourth-order valence-electron chi connectivity index (χ4n) is 1.99. The first-order valence-electron chi connectivity index (χ1n) is 5.67. The van der Waals surface area contributed by atoms with E-state index in [1.807, 2.05) is 44.1 Å². The predicted molar refractivity (Wildman–Crippen MR) is 75.1 cm³/mol. The quantitative estimate of drug-likeness (QED) is 0.831. The molecule has 3 nitrogen and oxygen atoms in total. The van der Waals surface area contributed by atoms with Crippen molar-refractivity contribution >= 4 is 28.2 Å². The number of anilines is 1. The highest BCUT2D eigenvalue weighted by molar-refractivity contribution is 6.36. The number of hydrogen-bond acceptors (Lipinski definition) is 3. The molecule has 0 amide bonds. The van der Waals surface area contributed by atoms with Gasteiger partial charge in [-0.15, -0.1) is 0 Å². The predicted octanol–water partition coefficient (Wildman–Crippen LogP) is 3.33. The van der Waals surface area contributed by atoms with Gasteiger partial charge < -0.3 is 4.90 Å². The van der Waals surface area contributed by atoms with Crippen LogP contribution in [0.1, 0.15) is 11.3 Å². The van der Waals surface area contributed by atoms with Gasteiger partial charge in [0.25, 0.3) is 0 Å². The molecule has 2 rings (SSSR count). The molecule has 0 aliphatic carbocycles. The van der Waals surface area contributed by atoms with E-state index in [4.69, 9.17) is 16.9 Å². The molecule has 1 aromatic carbocycles. The Kier molecular flexibility index (Phi) is 3.40. The zero-order chi connectivity index (χ0) is 13.3. The molecule has 1 heterocycles. The van der Waals surface area contributed by atoms with E-state index in [1.54, 1.807) is 0 Å². The van der Waals surface area contributed by atoms with Crippen LogP contribution in [-0.2, 0) is 6.42 Å². The van der Waals surface area contributed by atoms with Crippen molar-refractivity contribution in [2.75, 3.05) is 19.0 Å². The van der Waals surface area contributed by atoms with Crippen LogP contribution in [-0.4, -0.2) is 19.1 Å². The smallest absolute Gasteiger partial charge is 0.0775 e. The number of rotatable bonds is 2. The molecule has 0 N–H and O–H groups in total. The summed E-state index contributed by atoms with van der Waals surface area (Å²) >= 11 is 6.28.